The van der Waals surface area contributed by atoms with Gasteiger partial charge in [0.25, 0.3) is 0 Å². The summed E-state index contributed by atoms with van der Waals surface area (Å²) >= 11 is 0. The van der Waals surface area contributed by atoms with Gasteiger partial charge >= 0.3 is 0 Å². The van der Waals surface area contributed by atoms with Gasteiger partial charge in [0.2, 0.25) is 5.91 Å². The van der Waals surface area contributed by atoms with Crippen LogP contribution in [0.3, 0.4) is 0 Å². The summed E-state index contributed by atoms with van der Waals surface area (Å²) in [4.78, 5) is 25.1. The molecule has 0 spiro atoms. The Kier molecular flexibility index (Phi) is 4.80. The summed E-state index contributed by atoms with van der Waals surface area (Å²) < 4.78 is 6.84. The van der Waals surface area contributed by atoms with Crippen LogP contribution < -0.4 is 10.1 Å². The Morgan fingerprint density at radius 2 is 2.08 bits per heavy atom. The lowest BCUT2D eigenvalue weighted by Gasteiger charge is -2.15. The first kappa shape index (κ1) is 16.7. The number of nitrogens with zero attached hydrogens (tertiary/aromatic N) is 3. The van der Waals surface area contributed by atoms with Crippen LogP contribution in [0.4, 0.5) is 5.69 Å². The van der Waals surface area contributed by atoms with Crippen molar-refractivity contribution in [2.24, 2.45) is 5.92 Å². The van der Waals surface area contributed by atoms with Crippen LogP contribution in [0.1, 0.15) is 28.9 Å². The molecule has 3 rings (SSSR count). The molecule has 2 aromatic rings. The number of hydrogen-bond donors (Lipinski definition) is 1. The van der Waals surface area contributed by atoms with Crippen molar-refractivity contribution in [3.05, 3.63) is 41.7 Å². The number of hydrogen-bond acceptors (Lipinski definition) is 5. The van der Waals surface area contributed by atoms with Crippen molar-refractivity contribution in [1.29, 1.82) is 5.26 Å². The van der Waals surface area contributed by atoms with Crippen molar-refractivity contribution in [2.45, 2.75) is 25.8 Å². The van der Waals surface area contributed by atoms with Crippen molar-refractivity contribution in [3.8, 4) is 11.8 Å². The van der Waals surface area contributed by atoms with Gasteiger partial charge in [-0.1, -0.05) is 0 Å². The Bertz CT molecular complexity index is 833. The lowest BCUT2D eigenvalue weighted by molar-refractivity contribution is -0.117. The molecule has 1 amide bonds. The maximum atomic E-state index is 12.7. The van der Waals surface area contributed by atoms with Gasteiger partial charge in [0.1, 0.15) is 5.75 Å². The topological polar surface area (TPSA) is 97.0 Å². The highest BCUT2D eigenvalue weighted by molar-refractivity contribution is 6.15. The SMILES string of the molecule is COc1ccc(NC(=O)C(C#N)C(=O)c2cnn3c2CCCC3)cc1. The highest BCUT2D eigenvalue weighted by Crippen LogP contribution is 2.22. The van der Waals surface area contributed by atoms with Crippen molar-refractivity contribution >= 4 is 17.4 Å². The third kappa shape index (κ3) is 3.38. The molecule has 7 heteroatoms. The molecule has 0 fully saturated rings. The molecule has 1 aliphatic heterocycles. The molecule has 1 aromatic heterocycles. The van der Waals surface area contributed by atoms with Gasteiger partial charge in [-0.05, 0) is 43.5 Å². The number of rotatable bonds is 5. The van der Waals surface area contributed by atoms with E-state index in [1.807, 2.05) is 6.07 Å². The van der Waals surface area contributed by atoms with Crippen LogP contribution in [0, 0.1) is 17.2 Å². The summed E-state index contributed by atoms with van der Waals surface area (Å²) in [7, 11) is 1.55. The summed E-state index contributed by atoms with van der Waals surface area (Å²) in [6.45, 7) is 0.762. The van der Waals surface area contributed by atoms with Crippen LogP contribution in [0.2, 0.25) is 0 Å². The number of nitriles is 1. The molecule has 0 saturated carbocycles. The molecule has 1 aromatic carbocycles. The molecule has 1 N–H and O–H groups in total. The van der Waals surface area contributed by atoms with E-state index in [9.17, 15) is 14.9 Å². The molecular weight excluding hydrogens is 320 g/mol. The Balaban J connectivity index is 1.76. The zero-order valence-electron chi connectivity index (χ0n) is 13.9. The third-order valence-electron chi connectivity index (χ3n) is 4.26. The first-order chi connectivity index (χ1) is 12.1. The Labute approximate surface area is 145 Å². The van der Waals surface area contributed by atoms with E-state index < -0.39 is 17.6 Å². The number of amides is 1. The number of benzene rings is 1. The van der Waals surface area contributed by atoms with Crippen molar-refractivity contribution in [2.75, 3.05) is 12.4 Å². The molecule has 1 unspecified atom stereocenters. The summed E-state index contributed by atoms with van der Waals surface area (Å²) in [6.07, 6.45) is 4.19. The van der Waals surface area contributed by atoms with Gasteiger partial charge in [-0.15, -0.1) is 0 Å². The smallest absolute Gasteiger partial charge is 0.249 e. The average molecular weight is 338 g/mol. The molecular formula is C18H18N4O3. The van der Waals surface area contributed by atoms with Crippen molar-refractivity contribution < 1.29 is 14.3 Å². The maximum absolute atomic E-state index is 12.7. The Morgan fingerprint density at radius 1 is 1.32 bits per heavy atom. The van der Waals surface area contributed by atoms with Crippen LogP contribution in [0.25, 0.3) is 0 Å². The lowest BCUT2D eigenvalue weighted by Crippen LogP contribution is -2.29. The summed E-state index contributed by atoms with van der Waals surface area (Å²) in [6, 6.07) is 8.49. The first-order valence-corrected chi connectivity index (χ1v) is 8.07. The quantitative estimate of drug-likeness (QED) is 0.666. The minimum absolute atomic E-state index is 0.371. The second kappa shape index (κ2) is 7.18. The number of nitrogens with one attached hydrogen (secondary N) is 1. The van der Waals surface area contributed by atoms with Gasteiger partial charge in [-0.2, -0.15) is 10.4 Å². The van der Waals surface area contributed by atoms with E-state index in [1.54, 1.807) is 36.1 Å². The van der Waals surface area contributed by atoms with Gasteiger partial charge in [0, 0.05) is 17.9 Å². The first-order valence-electron chi connectivity index (χ1n) is 8.07. The van der Waals surface area contributed by atoms with E-state index in [4.69, 9.17) is 4.74 Å². The monoisotopic (exact) mass is 338 g/mol. The second-order valence-electron chi connectivity index (χ2n) is 5.83. The van der Waals surface area contributed by atoms with Crippen LogP contribution in [0.15, 0.2) is 30.5 Å². The highest BCUT2D eigenvalue weighted by Gasteiger charge is 2.31. The van der Waals surface area contributed by atoms with E-state index in [-0.39, 0.29) is 0 Å². The van der Waals surface area contributed by atoms with E-state index in [0.29, 0.717) is 17.0 Å². The van der Waals surface area contributed by atoms with E-state index in [1.165, 1.54) is 6.20 Å². The van der Waals surface area contributed by atoms with Crippen LogP contribution in [0.5, 0.6) is 5.75 Å². The van der Waals surface area contributed by atoms with Gasteiger partial charge in [-0.25, -0.2) is 0 Å². The number of ketones is 1. The largest absolute Gasteiger partial charge is 0.497 e. The zero-order chi connectivity index (χ0) is 17.8. The molecule has 0 aliphatic carbocycles. The number of fused-ring (bicyclic) bond motifs is 1. The summed E-state index contributed by atoms with van der Waals surface area (Å²) in [5.41, 5.74) is 1.68. The van der Waals surface area contributed by atoms with E-state index in [2.05, 4.69) is 10.4 Å². The van der Waals surface area contributed by atoms with Gasteiger partial charge in [0.05, 0.1) is 24.9 Å². The zero-order valence-corrected chi connectivity index (χ0v) is 13.9. The van der Waals surface area contributed by atoms with Crippen LogP contribution in [-0.2, 0) is 17.8 Å². The van der Waals surface area contributed by atoms with E-state index >= 15 is 0 Å². The number of Topliss-reactive ketones (excluding diaryl/α,β-unsaturated/α-hetero) is 1. The fourth-order valence-electron chi connectivity index (χ4n) is 2.91. The number of ether oxygens (including phenoxy) is 1. The highest BCUT2D eigenvalue weighted by atomic mass is 16.5. The Hall–Kier alpha value is -3.14. The fourth-order valence-corrected chi connectivity index (χ4v) is 2.91. The predicted molar refractivity (Wildman–Crippen MR) is 90.2 cm³/mol. The van der Waals surface area contributed by atoms with E-state index in [0.717, 1.165) is 31.5 Å². The standard InChI is InChI=1S/C18H18N4O3/c1-25-13-7-5-12(6-8-13)21-18(24)14(10-19)17(23)15-11-20-22-9-3-2-4-16(15)22/h5-8,11,14H,2-4,9H2,1H3,(H,21,24). The summed E-state index contributed by atoms with van der Waals surface area (Å²) in [5.74, 6) is -1.90. The third-order valence-corrected chi connectivity index (χ3v) is 4.26. The number of aromatic nitrogens is 2. The maximum Gasteiger partial charge on any atom is 0.249 e. The predicted octanol–water partition coefficient (Wildman–Crippen LogP) is 2.19. The van der Waals surface area contributed by atoms with Crippen molar-refractivity contribution in [1.82, 2.24) is 9.78 Å². The summed E-state index contributed by atoms with van der Waals surface area (Å²) in [5, 5.41) is 16.2. The molecule has 0 radical (unpaired) electrons. The molecule has 0 saturated heterocycles. The fraction of sp³-hybridized carbons (Fsp3) is 0.333. The molecule has 1 atom stereocenters. The van der Waals surface area contributed by atoms with Crippen LogP contribution in [-0.4, -0.2) is 28.6 Å². The lowest BCUT2D eigenvalue weighted by atomic mass is 9.95. The number of aryl methyl sites for hydroxylation is 1. The minimum Gasteiger partial charge on any atom is -0.497 e. The normalized spacial score (nSPS) is 14.1. The second-order valence-corrected chi connectivity index (χ2v) is 5.83. The molecule has 128 valence electrons. The minimum atomic E-state index is -1.40. The van der Waals surface area contributed by atoms with Gasteiger partial charge < -0.3 is 10.1 Å². The number of carbonyl (C=O) groups excluding carboxylic acids is 2. The van der Waals surface area contributed by atoms with Gasteiger partial charge in [0.15, 0.2) is 11.7 Å². The average Bonchev–Trinajstić information content (AvgIpc) is 3.07. The van der Waals surface area contributed by atoms with Gasteiger partial charge in [-0.3, -0.25) is 14.3 Å². The Morgan fingerprint density at radius 3 is 2.76 bits per heavy atom. The van der Waals surface area contributed by atoms with Crippen LogP contribution >= 0.6 is 0 Å². The molecule has 7 nitrogen and oxygen atoms in total. The number of methoxy groups -OCH3 is 1. The number of anilines is 1. The number of carbonyl (C=O) groups is 2. The van der Waals surface area contributed by atoms with Crippen molar-refractivity contribution in [3.63, 3.8) is 0 Å². The molecule has 1 aliphatic rings. The molecule has 0 bridgehead atoms. The molecule has 25 heavy (non-hydrogen) atoms. The molecule has 2 heterocycles.